The molecule has 2 heterocycles. The van der Waals surface area contributed by atoms with E-state index in [2.05, 4.69) is 48.3 Å². The van der Waals surface area contributed by atoms with Gasteiger partial charge in [-0.1, -0.05) is 20.8 Å². The third kappa shape index (κ3) is 3.04. The van der Waals surface area contributed by atoms with Gasteiger partial charge in [0.15, 0.2) is 5.82 Å². The van der Waals surface area contributed by atoms with Crippen molar-refractivity contribution in [1.29, 1.82) is 0 Å². The van der Waals surface area contributed by atoms with Crippen LogP contribution < -0.4 is 5.32 Å². The summed E-state index contributed by atoms with van der Waals surface area (Å²) >= 11 is 0. The molecule has 0 atom stereocenters. The fraction of sp³-hybridized carbons (Fsp3) is 0.533. The molecule has 0 fully saturated rings. The highest BCUT2D eigenvalue weighted by molar-refractivity contribution is 5.32. The Labute approximate surface area is 120 Å². The summed E-state index contributed by atoms with van der Waals surface area (Å²) in [6, 6.07) is 4.42. The van der Waals surface area contributed by atoms with Gasteiger partial charge in [-0.3, -0.25) is 0 Å². The van der Waals surface area contributed by atoms with Crippen molar-refractivity contribution in [2.24, 2.45) is 0 Å². The van der Waals surface area contributed by atoms with Crippen molar-refractivity contribution in [1.82, 2.24) is 25.3 Å². The van der Waals surface area contributed by atoms with Crippen molar-refractivity contribution in [2.45, 2.75) is 53.6 Å². The predicted molar refractivity (Wildman–Crippen MR) is 80.0 cm³/mol. The maximum Gasteiger partial charge on any atom is 0.175 e. The van der Waals surface area contributed by atoms with Gasteiger partial charge in [-0.2, -0.15) is 10.2 Å². The minimum atomic E-state index is 0.444. The molecule has 2 aromatic heterocycles. The van der Waals surface area contributed by atoms with Crippen LogP contribution in [0.3, 0.4) is 0 Å². The molecular weight excluding hydrogens is 250 g/mol. The molecule has 0 bridgehead atoms. The van der Waals surface area contributed by atoms with E-state index in [1.54, 1.807) is 0 Å². The van der Waals surface area contributed by atoms with Crippen LogP contribution in [0.1, 0.15) is 43.4 Å². The molecule has 0 aliphatic rings. The molecule has 108 valence electrons. The van der Waals surface area contributed by atoms with E-state index >= 15 is 0 Å². The molecule has 0 amide bonds. The monoisotopic (exact) mass is 273 g/mol. The molecule has 1 N–H and O–H groups in total. The Morgan fingerprint density at radius 2 is 1.95 bits per heavy atom. The maximum absolute atomic E-state index is 4.55. The molecule has 20 heavy (non-hydrogen) atoms. The van der Waals surface area contributed by atoms with Gasteiger partial charge in [0.2, 0.25) is 0 Å². The van der Waals surface area contributed by atoms with E-state index in [1.165, 1.54) is 5.56 Å². The third-order valence-electron chi connectivity index (χ3n) is 3.41. The minimum absolute atomic E-state index is 0.444. The molecule has 2 aromatic rings. The summed E-state index contributed by atoms with van der Waals surface area (Å²) in [4.78, 5) is 0. The van der Waals surface area contributed by atoms with Crippen LogP contribution in [0.4, 0.5) is 0 Å². The van der Waals surface area contributed by atoms with Gasteiger partial charge in [0.1, 0.15) is 0 Å². The summed E-state index contributed by atoms with van der Waals surface area (Å²) in [5.41, 5.74) is 4.45. The number of hydrogen-bond acceptors (Lipinski definition) is 4. The summed E-state index contributed by atoms with van der Waals surface area (Å²) in [5.74, 6) is 0.776. The molecule has 0 spiro atoms. The summed E-state index contributed by atoms with van der Waals surface area (Å²) in [5, 5.41) is 16.4. The van der Waals surface area contributed by atoms with Gasteiger partial charge in [-0.25, -0.2) is 4.68 Å². The highest BCUT2D eigenvalue weighted by atomic mass is 15.3. The van der Waals surface area contributed by atoms with Gasteiger partial charge < -0.3 is 5.32 Å². The lowest BCUT2D eigenvalue weighted by atomic mass is 10.1. The Hall–Kier alpha value is -1.75. The van der Waals surface area contributed by atoms with Gasteiger partial charge in [0.25, 0.3) is 0 Å². The average Bonchev–Trinajstić information content (AvgIpc) is 2.72. The number of aryl methyl sites for hydroxylation is 1. The third-order valence-corrected chi connectivity index (χ3v) is 3.41. The highest BCUT2D eigenvalue weighted by Crippen LogP contribution is 2.16. The summed E-state index contributed by atoms with van der Waals surface area (Å²) in [6.07, 6.45) is 0.988. The van der Waals surface area contributed by atoms with Gasteiger partial charge in [-0.15, -0.1) is 5.10 Å². The minimum Gasteiger partial charge on any atom is -0.309 e. The molecule has 0 radical (unpaired) electrons. The van der Waals surface area contributed by atoms with E-state index in [4.69, 9.17) is 0 Å². The lowest BCUT2D eigenvalue weighted by Gasteiger charge is -2.08. The fourth-order valence-corrected chi connectivity index (χ4v) is 2.28. The topological polar surface area (TPSA) is 55.6 Å². The second kappa shape index (κ2) is 6.13. The Morgan fingerprint density at radius 3 is 2.45 bits per heavy atom. The van der Waals surface area contributed by atoms with Crippen LogP contribution >= 0.6 is 0 Å². The molecule has 0 saturated heterocycles. The van der Waals surface area contributed by atoms with E-state index in [0.717, 1.165) is 35.9 Å². The van der Waals surface area contributed by atoms with Crippen LogP contribution in [0.15, 0.2) is 12.1 Å². The smallest absolute Gasteiger partial charge is 0.175 e. The molecule has 0 aliphatic carbocycles. The predicted octanol–water partition coefficient (Wildman–Crippen LogP) is 2.34. The van der Waals surface area contributed by atoms with Crippen molar-refractivity contribution < 1.29 is 0 Å². The summed E-state index contributed by atoms with van der Waals surface area (Å²) in [7, 11) is 0. The van der Waals surface area contributed by atoms with E-state index in [1.807, 2.05) is 23.7 Å². The van der Waals surface area contributed by atoms with Crippen LogP contribution in [0.5, 0.6) is 0 Å². The molecular formula is C15H23N5. The Balaban J connectivity index is 2.22. The quantitative estimate of drug-likeness (QED) is 0.908. The highest BCUT2D eigenvalue weighted by Gasteiger charge is 2.12. The molecule has 0 unspecified atom stereocenters. The number of hydrogen-bond donors (Lipinski definition) is 1. The molecule has 0 aromatic carbocycles. The Morgan fingerprint density at radius 1 is 1.20 bits per heavy atom. The number of rotatable bonds is 5. The van der Waals surface area contributed by atoms with E-state index in [-0.39, 0.29) is 0 Å². The normalized spacial score (nSPS) is 11.3. The first-order valence-electron chi connectivity index (χ1n) is 7.14. The van der Waals surface area contributed by atoms with Gasteiger partial charge in [0, 0.05) is 18.3 Å². The van der Waals surface area contributed by atoms with Crippen LogP contribution in [-0.4, -0.2) is 26.0 Å². The Kier molecular flexibility index (Phi) is 4.49. The zero-order valence-electron chi connectivity index (χ0n) is 12.9. The van der Waals surface area contributed by atoms with Crippen molar-refractivity contribution in [3.63, 3.8) is 0 Å². The first kappa shape index (κ1) is 14.7. The lowest BCUT2D eigenvalue weighted by molar-refractivity contribution is 0.576. The van der Waals surface area contributed by atoms with Crippen LogP contribution in [0.25, 0.3) is 5.82 Å². The number of nitrogens with zero attached hydrogens (tertiary/aromatic N) is 4. The average molecular weight is 273 g/mol. The van der Waals surface area contributed by atoms with E-state index in [9.17, 15) is 0 Å². The van der Waals surface area contributed by atoms with Crippen LogP contribution in [0.2, 0.25) is 0 Å². The fourth-order valence-electron chi connectivity index (χ4n) is 2.28. The summed E-state index contributed by atoms with van der Waals surface area (Å²) in [6.45, 7) is 11.2. The molecule has 2 rings (SSSR count). The van der Waals surface area contributed by atoms with Crippen molar-refractivity contribution >= 4 is 0 Å². The molecule has 0 aliphatic heterocycles. The maximum atomic E-state index is 4.55. The van der Waals surface area contributed by atoms with E-state index in [0.29, 0.717) is 6.04 Å². The van der Waals surface area contributed by atoms with Gasteiger partial charge >= 0.3 is 0 Å². The zero-order valence-corrected chi connectivity index (χ0v) is 12.9. The van der Waals surface area contributed by atoms with Crippen LogP contribution in [-0.2, 0) is 13.0 Å². The second-order valence-electron chi connectivity index (χ2n) is 5.33. The lowest BCUT2D eigenvalue weighted by Crippen LogP contribution is -2.22. The summed E-state index contributed by atoms with van der Waals surface area (Å²) < 4.78 is 1.88. The first-order valence-corrected chi connectivity index (χ1v) is 7.14. The van der Waals surface area contributed by atoms with Crippen molar-refractivity contribution in [2.75, 3.05) is 0 Å². The van der Waals surface area contributed by atoms with E-state index < -0.39 is 0 Å². The second-order valence-corrected chi connectivity index (χ2v) is 5.33. The number of nitrogens with one attached hydrogen (secondary N) is 1. The molecule has 5 nitrogen and oxygen atoms in total. The first-order chi connectivity index (χ1) is 9.52. The van der Waals surface area contributed by atoms with Crippen molar-refractivity contribution in [3.8, 4) is 5.82 Å². The molecule has 5 heteroatoms. The van der Waals surface area contributed by atoms with Crippen LogP contribution in [0, 0.1) is 13.8 Å². The van der Waals surface area contributed by atoms with Gasteiger partial charge in [0.05, 0.1) is 11.4 Å². The SMILES string of the molecule is CCc1c(C)nn(-c2ccc(CNC(C)C)nn2)c1C. The zero-order chi connectivity index (χ0) is 14.7. The largest absolute Gasteiger partial charge is 0.309 e. The van der Waals surface area contributed by atoms with Crippen molar-refractivity contribution in [3.05, 3.63) is 34.8 Å². The molecule has 0 saturated carbocycles. The van der Waals surface area contributed by atoms with Gasteiger partial charge in [-0.05, 0) is 38.0 Å². The standard InChI is InChI=1S/C15H23N5/c1-6-14-11(4)19-20(12(14)5)15-8-7-13(17-18-15)9-16-10(2)3/h7-8,10,16H,6,9H2,1-5H3. The Bertz CT molecular complexity index is 569. The number of aromatic nitrogens is 4.